The van der Waals surface area contributed by atoms with Crippen LogP contribution in [0.2, 0.25) is 5.02 Å². The maximum atomic E-state index is 6.24. The van der Waals surface area contributed by atoms with Crippen LogP contribution in [0.15, 0.2) is 36.4 Å². The van der Waals surface area contributed by atoms with Gasteiger partial charge in [-0.3, -0.25) is 4.90 Å². The Balaban J connectivity index is 1.78. The number of likely N-dealkylation sites (N-methyl/N-ethyl adjacent to an activating group) is 1. The number of piperidine rings is 1. The zero-order valence-electron chi connectivity index (χ0n) is 15.5. The second-order valence-corrected chi connectivity index (χ2v) is 7.78. The molecule has 2 heterocycles. The lowest BCUT2D eigenvalue weighted by Crippen LogP contribution is -2.47. The summed E-state index contributed by atoms with van der Waals surface area (Å²) in [6, 6.07) is 12.9. The molecule has 2 aromatic rings. The maximum Gasteiger partial charge on any atom is 0.136 e. The summed E-state index contributed by atoms with van der Waals surface area (Å²) >= 11 is 6.24. The van der Waals surface area contributed by atoms with E-state index in [0.29, 0.717) is 11.1 Å². The molecule has 2 atom stereocenters. The molecule has 2 aliphatic heterocycles. The minimum atomic E-state index is 0.180. The van der Waals surface area contributed by atoms with Crippen LogP contribution in [-0.2, 0) is 0 Å². The number of fused-ring (bicyclic) bond motifs is 2. The summed E-state index contributed by atoms with van der Waals surface area (Å²) in [5, 5.41) is 0.693. The van der Waals surface area contributed by atoms with Crippen molar-refractivity contribution in [2.75, 3.05) is 34.3 Å². The second kappa shape index (κ2) is 7.10. The summed E-state index contributed by atoms with van der Waals surface area (Å²) in [7, 11) is 6.02. The summed E-state index contributed by atoms with van der Waals surface area (Å²) < 4.78 is 11.6. The summed E-state index contributed by atoms with van der Waals surface area (Å²) in [6.45, 7) is 2.13. The molecule has 0 radical (unpaired) electrons. The first-order valence-corrected chi connectivity index (χ1v) is 9.50. The zero-order chi connectivity index (χ0) is 18.3. The van der Waals surface area contributed by atoms with Crippen molar-refractivity contribution in [1.82, 2.24) is 9.80 Å². The lowest BCUT2D eigenvalue weighted by Gasteiger charge is -2.43. The fourth-order valence-corrected chi connectivity index (χ4v) is 4.26. The van der Waals surface area contributed by atoms with Crippen LogP contribution >= 0.6 is 11.6 Å². The van der Waals surface area contributed by atoms with Gasteiger partial charge in [-0.15, -0.1) is 0 Å². The lowest BCUT2D eigenvalue weighted by molar-refractivity contribution is 0.106. The van der Waals surface area contributed by atoms with E-state index >= 15 is 0 Å². The second-order valence-electron chi connectivity index (χ2n) is 7.35. The van der Waals surface area contributed by atoms with Gasteiger partial charge in [-0.1, -0.05) is 17.7 Å². The third-order valence-electron chi connectivity index (χ3n) is 5.53. The quantitative estimate of drug-likeness (QED) is 0.787. The zero-order valence-corrected chi connectivity index (χ0v) is 16.3. The van der Waals surface area contributed by atoms with Gasteiger partial charge < -0.3 is 14.4 Å². The highest BCUT2D eigenvalue weighted by Gasteiger charge is 2.35. The number of nitrogens with zero attached hydrogens (tertiary/aromatic N) is 2. The van der Waals surface area contributed by atoms with Crippen LogP contribution in [0.25, 0.3) is 0 Å². The highest BCUT2D eigenvalue weighted by Crippen LogP contribution is 2.48. The predicted molar refractivity (Wildman–Crippen MR) is 105 cm³/mol. The van der Waals surface area contributed by atoms with Crippen LogP contribution in [0.1, 0.15) is 30.0 Å². The smallest absolute Gasteiger partial charge is 0.136 e. The molecular weight excluding hydrogens is 348 g/mol. The minimum Gasteiger partial charge on any atom is -0.497 e. The van der Waals surface area contributed by atoms with Crippen molar-refractivity contribution >= 4 is 11.6 Å². The van der Waals surface area contributed by atoms with Crippen LogP contribution in [0.3, 0.4) is 0 Å². The normalized spacial score (nSPS) is 22.5. The predicted octanol–water partition coefficient (Wildman–Crippen LogP) is 4.57. The average molecular weight is 373 g/mol. The van der Waals surface area contributed by atoms with E-state index in [2.05, 4.69) is 36.0 Å². The number of halogens is 1. The number of benzene rings is 2. The monoisotopic (exact) mass is 372 g/mol. The molecule has 4 rings (SSSR count). The highest BCUT2D eigenvalue weighted by atomic mass is 35.5. The summed E-state index contributed by atoms with van der Waals surface area (Å²) in [5.41, 5.74) is 2.38. The third kappa shape index (κ3) is 3.18. The number of rotatable bonds is 3. The van der Waals surface area contributed by atoms with Crippen molar-refractivity contribution in [1.29, 1.82) is 0 Å². The summed E-state index contributed by atoms with van der Waals surface area (Å²) in [6.07, 6.45) is 2.45. The fraction of sp³-hybridized carbons (Fsp3) is 0.429. The molecule has 0 aliphatic carbocycles. The molecule has 138 valence electrons. The molecule has 5 heteroatoms. The van der Waals surface area contributed by atoms with Crippen molar-refractivity contribution in [2.45, 2.75) is 24.9 Å². The molecule has 0 bridgehead atoms. The Kier molecular flexibility index (Phi) is 4.82. The van der Waals surface area contributed by atoms with Gasteiger partial charge in [0, 0.05) is 34.8 Å². The Hall–Kier alpha value is -1.75. The van der Waals surface area contributed by atoms with Gasteiger partial charge in [-0.25, -0.2) is 0 Å². The van der Waals surface area contributed by atoms with Crippen LogP contribution < -0.4 is 9.47 Å². The Bertz CT molecular complexity index is 809. The molecule has 4 nitrogen and oxygen atoms in total. The Morgan fingerprint density at radius 1 is 1.12 bits per heavy atom. The average Bonchev–Trinajstić information content (AvgIpc) is 2.65. The van der Waals surface area contributed by atoms with Gasteiger partial charge in [0.15, 0.2) is 0 Å². The van der Waals surface area contributed by atoms with Crippen molar-refractivity contribution in [3.8, 4) is 17.2 Å². The van der Waals surface area contributed by atoms with Gasteiger partial charge in [-0.05, 0) is 57.7 Å². The first-order valence-electron chi connectivity index (χ1n) is 9.12. The van der Waals surface area contributed by atoms with E-state index in [1.165, 1.54) is 24.0 Å². The number of ether oxygens (including phenoxy) is 2. The Morgan fingerprint density at radius 2 is 1.85 bits per heavy atom. The van der Waals surface area contributed by atoms with E-state index < -0.39 is 0 Å². The van der Waals surface area contributed by atoms with Gasteiger partial charge in [0.25, 0.3) is 0 Å². The largest absolute Gasteiger partial charge is 0.497 e. The summed E-state index contributed by atoms with van der Waals surface area (Å²) in [5.74, 6) is 2.50. The minimum absolute atomic E-state index is 0.180. The molecule has 2 unspecified atom stereocenters. The number of hydrogen-bond acceptors (Lipinski definition) is 4. The SMILES string of the molecule is COc1ccc2c(c1)Oc1cc(Cl)ccc1C2N1CCCC(N(C)C)C1. The van der Waals surface area contributed by atoms with Crippen molar-refractivity contribution < 1.29 is 9.47 Å². The number of hydrogen-bond donors (Lipinski definition) is 0. The van der Waals surface area contributed by atoms with Crippen molar-refractivity contribution in [3.05, 3.63) is 52.5 Å². The standard InChI is InChI=1S/C21H25ClN2O2/c1-23(2)15-5-4-10-24(13-15)21-17-8-6-14(22)11-19(17)26-20-12-16(25-3)7-9-18(20)21/h6-9,11-12,15,21H,4-5,10,13H2,1-3H3. The highest BCUT2D eigenvalue weighted by molar-refractivity contribution is 6.30. The van der Waals surface area contributed by atoms with E-state index in [1.54, 1.807) is 7.11 Å². The van der Waals surface area contributed by atoms with Gasteiger partial charge in [0.1, 0.15) is 17.2 Å². The molecule has 0 N–H and O–H groups in total. The van der Waals surface area contributed by atoms with Crippen LogP contribution in [0, 0.1) is 0 Å². The topological polar surface area (TPSA) is 24.9 Å². The van der Waals surface area contributed by atoms with Gasteiger partial charge in [0.05, 0.1) is 13.2 Å². The van der Waals surface area contributed by atoms with Crippen molar-refractivity contribution in [3.63, 3.8) is 0 Å². The lowest BCUT2D eigenvalue weighted by atomic mass is 9.90. The fourth-order valence-electron chi connectivity index (χ4n) is 4.10. The molecule has 2 aliphatic rings. The molecule has 2 aromatic carbocycles. The third-order valence-corrected chi connectivity index (χ3v) is 5.76. The first-order chi connectivity index (χ1) is 12.6. The first kappa shape index (κ1) is 17.7. The van der Waals surface area contributed by atoms with Crippen LogP contribution in [0.5, 0.6) is 17.2 Å². The molecule has 1 saturated heterocycles. The molecule has 1 fully saturated rings. The van der Waals surface area contributed by atoms with E-state index in [0.717, 1.165) is 30.3 Å². The summed E-state index contributed by atoms with van der Waals surface area (Å²) in [4.78, 5) is 4.91. The molecule has 0 spiro atoms. The number of methoxy groups -OCH3 is 1. The molecule has 0 saturated carbocycles. The van der Waals surface area contributed by atoms with E-state index in [4.69, 9.17) is 21.1 Å². The molecular formula is C21H25ClN2O2. The Labute approximate surface area is 160 Å². The van der Waals surface area contributed by atoms with E-state index in [9.17, 15) is 0 Å². The maximum absolute atomic E-state index is 6.24. The number of likely N-dealkylation sites (tertiary alicyclic amines) is 1. The van der Waals surface area contributed by atoms with Crippen molar-refractivity contribution in [2.24, 2.45) is 0 Å². The van der Waals surface area contributed by atoms with E-state index in [-0.39, 0.29) is 6.04 Å². The van der Waals surface area contributed by atoms with Crippen LogP contribution in [-0.4, -0.2) is 50.1 Å². The molecule has 0 aromatic heterocycles. The van der Waals surface area contributed by atoms with Gasteiger partial charge in [0.2, 0.25) is 0 Å². The Morgan fingerprint density at radius 3 is 2.58 bits per heavy atom. The van der Waals surface area contributed by atoms with Crippen LogP contribution in [0.4, 0.5) is 0 Å². The van der Waals surface area contributed by atoms with Gasteiger partial charge >= 0.3 is 0 Å². The molecule has 0 amide bonds. The van der Waals surface area contributed by atoms with E-state index in [1.807, 2.05) is 24.3 Å². The molecule has 26 heavy (non-hydrogen) atoms. The van der Waals surface area contributed by atoms with Gasteiger partial charge in [-0.2, -0.15) is 0 Å².